The highest BCUT2D eigenvalue weighted by atomic mass is 32.2. The summed E-state index contributed by atoms with van der Waals surface area (Å²) in [5, 5.41) is 3.92. The molecule has 0 aliphatic rings. The van der Waals surface area contributed by atoms with Gasteiger partial charge in [0.05, 0.1) is 14.2 Å². The van der Waals surface area contributed by atoms with E-state index in [9.17, 15) is 8.42 Å². The Bertz CT molecular complexity index is 1160. The second kappa shape index (κ2) is 10.0. The lowest BCUT2D eigenvalue weighted by atomic mass is 10.1. The molecule has 0 saturated carbocycles. The Morgan fingerprint density at radius 3 is 2.38 bits per heavy atom. The van der Waals surface area contributed by atoms with Gasteiger partial charge in [-0.25, -0.2) is 12.7 Å². The first-order chi connectivity index (χ1) is 15.2. The molecule has 0 N–H and O–H groups in total. The zero-order valence-electron chi connectivity index (χ0n) is 18.8. The number of ether oxygens (including phenoxy) is 3. The molecule has 0 radical (unpaired) electrons. The highest BCUT2D eigenvalue weighted by Crippen LogP contribution is 2.30. The Morgan fingerprint density at radius 1 is 1.00 bits per heavy atom. The maximum Gasteiger partial charge on any atom is 0.264 e. The number of hydrogen-bond donors (Lipinski definition) is 0. The van der Waals surface area contributed by atoms with Crippen molar-refractivity contribution in [1.29, 1.82) is 0 Å². The average molecular weight is 462 g/mol. The summed E-state index contributed by atoms with van der Waals surface area (Å²) in [6.45, 7) is 4.28. The number of benzene rings is 2. The van der Waals surface area contributed by atoms with Crippen LogP contribution in [0.15, 0.2) is 45.8 Å². The highest BCUT2D eigenvalue weighted by Gasteiger charge is 2.26. The summed E-state index contributed by atoms with van der Waals surface area (Å²) in [4.78, 5) is 4.31. The van der Waals surface area contributed by atoms with E-state index in [-0.39, 0.29) is 30.2 Å². The minimum atomic E-state index is -3.81. The van der Waals surface area contributed by atoms with Gasteiger partial charge in [0, 0.05) is 26.1 Å². The molecule has 0 bridgehead atoms. The van der Waals surface area contributed by atoms with Crippen molar-refractivity contribution in [3.63, 3.8) is 0 Å². The van der Waals surface area contributed by atoms with E-state index in [1.165, 1.54) is 31.6 Å². The van der Waals surface area contributed by atoms with Gasteiger partial charge in [0.2, 0.25) is 10.0 Å². The summed E-state index contributed by atoms with van der Waals surface area (Å²) in [5.41, 5.74) is 2.20. The third-order valence-electron chi connectivity index (χ3n) is 4.78. The zero-order valence-corrected chi connectivity index (χ0v) is 19.6. The SMILES string of the molecule is COc1ccc(OC)c(S(=O)(=O)N(C)CCc2noc(COc3cc(C)cc(C)c3)n2)c1. The molecule has 32 heavy (non-hydrogen) atoms. The molecule has 10 heteroatoms. The third-order valence-corrected chi connectivity index (χ3v) is 6.66. The highest BCUT2D eigenvalue weighted by molar-refractivity contribution is 7.89. The minimum absolute atomic E-state index is 0.0255. The minimum Gasteiger partial charge on any atom is -0.497 e. The molecule has 0 spiro atoms. The first kappa shape index (κ1) is 23.6. The lowest BCUT2D eigenvalue weighted by Crippen LogP contribution is -2.29. The van der Waals surface area contributed by atoms with Gasteiger partial charge in [-0.05, 0) is 49.2 Å². The van der Waals surface area contributed by atoms with Crippen LogP contribution in [0.3, 0.4) is 0 Å². The van der Waals surface area contributed by atoms with Crippen LogP contribution in [0.5, 0.6) is 17.2 Å². The van der Waals surface area contributed by atoms with E-state index >= 15 is 0 Å². The standard InChI is InChI=1S/C22H27N3O6S/c1-15-10-16(2)12-18(11-15)30-14-22-23-21(24-31-22)8-9-25(3)32(26,27)20-13-17(28-4)6-7-19(20)29-5/h6-7,10-13H,8-9,14H2,1-5H3. The van der Waals surface area contributed by atoms with Crippen LogP contribution in [0.1, 0.15) is 22.8 Å². The topological polar surface area (TPSA) is 104 Å². The molecule has 1 heterocycles. The molecular weight excluding hydrogens is 434 g/mol. The van der Waals surface area contributed by atoms with Gasteiger partial charge < -0.3 is 18.7 Å². The Hall–Kier alpha value is -3.11. The first-order valence-electron chi connectivity index (χ1n) is 9.94. The number of aryl methyl sites for hydroxylation is 2. The Balaban J connectivity index is 1.63. The Kier molecular flexibility index (Phi) is 7.37. The fourth-order valence-corrected chi connectivity index (χ4v) is 4.48. The first-order valence-corrected chi connectivity index (χ1v) is 11.4. The second-order valence-electron chi connectivity index (χ2n) is 7.31. The van der Waals surface area contributed by atoms with Gasteiger partial charge in [-0.2, -0.15) is 4.98 Å². The summed E-state index contributed by atoms with van der Waals surface area (Å²) in [5.74, 6) is 2.09. The Morgan fingerprint density at radius 2 is 1.72 bits per heavy atom. The molecule has 3 rings (SSSR count). The molecule has 9 nitrogen and oxygen atoms in total. The fourth-order valence-electron chi connectivity index (χ4n) is 3.14. The van der Waals surface area contributed by atoms with Gasteiger partial charge in [-0.15, -0.1) is 0 Å². The van der Waals surface area contributed by atoms with Crippen molar-refractivity contribution in [3.05, 3.63) is 59.2 Å². The van der Waals surface area contributed by atoms with Crippen LogP contribution >= 0.6 is 0 Å². The summed E-state index contributed by atoms with van der Waals surface area (Å²) < 4.78 is 48.6. The summed E-state index contributed by atoms with van der Waals surface area (Å²) in [7, 11) is 0.560. The number of likely N-dealkylation sites (N-methyl/N-ethyl adjacent to an activating group) is 1. The molecule has 172 valence electrons. The van der Waals surface area contributed by atoms with Gasteiger partial charge in [0.15, 0.2) is 12.4 Å². The monoisotopic (exact) mass is 461 g/mol. The summed E-state index contributed by atoms with van der Waals surface area (Å²) in [6.07, 6.45) is 0.273. The summed E-state index contributed by atoms with van der Waals surface area (Å²) >= 11 is 0. The maximum atomic E-state index is 13.0. The van der Waals surface area contributed by atoms with Crippen molar-refractivity contribution in [3.8, 4) is 17.2 Å². The van der Waals surface area contributed by atoms with Crippen molar-refractivity contribution < 1.29 is 27.2 Å². The summed E-state index contributed by atoms with van der Waals surface area (Å²) in [6, 6.07) is 10.5. The van der Waals surface area contributed by atoms with E-state index in [2.05, 4.69) is 16.2 Å². The smallest absolute Gasteiger partial charge is 0.264 e. The van der Waals surface area contributed by atoms with Crippen LogP contribution in [-0.4, -0.2) is 50.7 Å². The average Bonchev–Trinajstić information content (AvgIpc) is 3.22. The van der Waals surface area contributed by atoms with Gasteiger partial charge in [0.25, 0.3) is 5.89 Å². The second-order valence-corrected chi connectivity index (χ2v) is 9.32. The predicted molar refractivity (Wildman–Crippen MR) is 118 cm³/mol. The molecule has 0 unspecified atom stereocenters. The van der Waals surface area contributed by atoms with Crippen molar-refractivity contribution >= 4 is 10.0 Å². The van der Waals surface area contributed by atoms with E-state index in [1.54, 1.807) is 12.1 Å². The molecule has 0 aliphatic carbocycles. The third kappa shape index (κ3) is 5.57. The van der Waals surface area contributed by atoms with Gasteiger partial charge >= 0.3 is 0 Å². The van der Waals surface area contributed by atoms with Gasteiger partial charge in [0.1, 0.15) is 22.1 Å². The lowest BCUT2D eigenvalue weighted by Gasteiger charge is -2.18. The number of hydrogen-bond acceptors (Lipinski definition) is 8. The molecule has 3 aromatic rings. The number of rotatable bonds is 10. The largest absolute Gasteiger partial charge is 0.497 e. The molecule has 1 aromatic heterocycles. The van der Waals surface area contributed by atoms with Crippen molar-refractivity contribution in [2.45, 2.75) is 31.8 Å². The molecule has 0 saturated heterocycles. The molecule has 0 fully saturated rings. The van der Waals surface area contributed by atoms with Gasteiger partial charge in [-0.3, -0.25) is 0 Å². The van der Waals surface area contributed by atoms with E-state index in [0.29, 0.717) is 17.5 Å². The van der Waals surface area contributed by atoms with Gasteiger partial charge in [-0.1, -0.05) is 11.2 Å². The van der Waals surface area contributed by atoms with Crippen LogP contribution < -0.4 is 14.2 Å². The van der Waals surface area contributed by atoms with Crippen LogP contribution in [-0.2, 0) is 23.1 Å². The van der Waals surface area contributed by atoms with E-state index in [4.69, 9.17) is 18.7 Å². The van der Waals surface area contributed by atoms with Crippen molar-refractivity contribution in [2.24, 2.45) is 0 Å². The molecule has 0 aliphatic heterocycles. The van der Waals surface area contributed by atoms with Crippen molar-refractivity contribution in [2.75, 3.05) is 27.8 Å². The predicted octanol–water partition coefficient (Wildman–Crippen LogP) is 3.15. The van der Waals surface area contributed by atoms with Crippen LogP contribution in [0.2, 0.25) is 0 Å². The molecular formula is C22H27N3O6S. The zero-order chi connectivity index (χ0) is 23.3. The lowest BCUT2D eigenvalue weighted by molar-refractivity contribution is 0.242. The van der Waals surface area contributed by atoms with Crippen LogP contribution in [0.25, 0.3) is 0 Å². The Labute approximate surface area is 188 Å². The van der Waals surface area contributed by atoms with E-state index < -0.39 is 10.0 Å². The van der Waals surface area contributed by atoms with Crippen molar-refractivity contribution in [1.82, 2.24) is 14.4 Å². The number of methoxy groups -OCH3 is 2. The maximum absolute atomic E-state index is 13.0. The fraction of sp³-hybridized carbons (Fsp3) is 0.364. The van der Waals surface area contributed by atoms with Crippen LogP contribution in [0.4, 0.5) is 0 Å². The normalized spacial score (nSPS) is 11.6. The van der Waals surface area contributed by atoms with E-state index in [0.717, 1.165) is 16.9 Å². The molecule has 0 atom stereocenters. The molecule has 0 amide bonds. The van der Waals surface area contributed by atoms with Crippen LogP contribution in [0, 0.1) is 13.8 Å². The number of aromatic nitrogens is 2. The molecule has 2 aromatic carbocycles. The number of nitrogens with zero attached hydrogens (tertiary/aromatic N) is 3. The quantitative estimate of drug-likeness (QED) is 0.454. The number of sulfonamides is 1. The van der Waals surface area contributed by atoms with E-state index in [1.807, 2.05) is 26.0 Å².